The maximum Gasteiger partial charge on any atom is 0.0438 e. The molecule has 1 N–H and O–H groups in total. The fourth-order valence-electron chi connectivity index (χ4n) is 2.96. The third-order valence-electron chi connectivity index (χ3n) is 4.12. The molecule has 2 nitrogen and oxygen atoms in total. The molecule has 0 spiro atoms. The largest absolute Gasteiger partial charge is 0.365 e. The summed E-state index contributed by atoms with van der Waals surface area (Å²) in [6.07, 6.45) is 2.41. The fraction of sp³-hybridized carbons (Fsp3) is 0.647. The van der Waals surface area contributed by atoms with Gasteiger partial charge in [0.15, 0.2) is 0 Å². The van der Waals surface area contributed by atoms with Gasteiger partial charge in [-0.25, -0.2) is 0 Å². The molecule has 0 saturated carbocycles. The van der Waals surface area contributed by atoms with E-state index in [0.29, 0.717) is 18.0 Å². The number of aryl methyl sites for hydroxylation is 1. The van der Waals surface area contributed by atoms with Gasteiger partial charge in [-0.2, -0.15) is 0 Å². The number of nitrogens with zero attached hydrogens (tertiary/aromatic N) is 1. The quantitative estimate of drug-likeness (QED) is 0.892. The molecule has 1 aromatic rings. The molecule has 0 aromatic heterocycles. The summed E-state index contributed by atoms with van der Waals surface area (Å²) in [4.78, 5) is 2.58. The van der Waals surface area contributed by atoms with Crippen LogP contribution in [0.4, 0.5) is 5.69 Å². The van der Waals surface area contributed by atoms with Crippen molar-refractivity contribution in [1.29, 1.82) is 0 Å². The van der Waals surface area contributed by atoms with Crippen LogP contribution in [0.5, 0.6) is 0 Å². The summed E-state index contributed by atoms with van der Waals surface area (Å²) in [6, 6.07) is 10.4. The number of hydrogen-bond acceptors (Lipinski definition) is 2. The first-order valence-corrected chi connectivity index (χ1v) is 7.70. The normalized spacial score (nSPS) is 23.9. The van der Waals surface area contributed by atoms with Gasteiger partial charge >= 0.3 is 0 Å². The minimum Gasteiger partial charge on any atom is -0.365 e. The Morgan fingerprint density at radius 3 is 2.53 bits per heavy atom. The molecule has 1 aliphatic heterocycles. The van der Waals surface area contributed by atoms with E-state index >= 15 is 0 Å². The number of nitrogens with one attached hydrogen (secondary N) is 1. The summed E-state index contributed by atoms with van der Waals surface area (Å²) in [5, 5.41) is 3.60. The average Bonchev–Trinajstić information content (AvgIpc) is 2.39. The highest BCUT2D eigenvalue weighted by molar-refractivity contribution is 5.49. The number of hydrogen-bond donors (Lipinski definition) is 1. The SMILES string of the molecule is CCCc1ccc(N2CC(C)NCC2C(C)C)cc1. The zero-order valence-corrected chi connectivity index (χ0v) is 12.8. The molecule has 1 aliphatic rings. The van der Waals surface area contributed by atoms with Gasteiger partial charge in [-0.15, -0.1) is 0 Å². The highest BCUT2D eigenvalue weighted by Gasteiger charge is 2.27. The Morgan fingerprint density at radius 2 is 1.95 bits per heavy atom. The van der Waals surface area contributed by atoms with Crippen LogP contribution in [0.15, 0.2) is 24.3 Å². The first-order chi connectivity index (χ1) is 9.11. The molecule has 2 rings (SSSR count). The fourth-order valence-corrected chi connectivity index (χ4v) is 2.96. The first-order valence-electron chi connectivity index (χ1n) is 7.70. The van der Waals surface area contributed by atoms with Crippen LogP contribution < -0.4 is 10.2 Å². The smallest absolute Gasteiger partial charge is 0.0438 e. The Hall–Kier alpha value is -1.02. The lowest BCUT2D eigenvalue weighted by Crippen LogP contribution is -2.57. The van der Waals surface area contributed by atoms with E-state index in [1.807, 2.05) is 0 Å². The Morgan fingerprint density at radius 1 is 1.26 bits per heavy atom. The van der Waals surface area contributed by atoms with Crippen LogP contribution in [-0.4, -0.2) is 25.2 Å². The van der Waals surface area contributed by atoms with E-state index in [1.54, 1.807) is 0 Å². The molecular weight excluding hydrogens is 232 g/mol. The zero-order chi connectivity index (χ0) is 13.8. The lowest BCUT2D eigenvalue weighted by Gasteiger charge is -2.43. The van der Waals surface area contributed by atoms with E-state index in [2.05, 4.69) is 62.2 Å². The molecule has 1 heterocycles. The van der Waals surface area contributed by atoms with Gasteiger partial charge in [-0.3, -0.25) is 0 Å². The van der Waals surface area contributed by atoms with Gasteiger partial charge in [-0.1, -0.05) is 39.3 Å². The van der Waals surface area contributed by atoms with E-state index < -0.39 is 0 Å². The minimum atomic E-state index is 0.574. The molecule has 1 fully saturated rings. The van der Waals surface area contributed by atoms with E-state index in [4.69, 9.17) is 0 Å². The lowest BCUT2D eigenvalue weighted by molar-refractivity contribution is 0.349. The predicted octanol–water partition coefficient (Wildman–Crippen LogP) is 3.46. The van der Waals surface area contributed by atoms with Gasteiger partial charge in [0, 0.05) is 30.9 Å². The molecule has 0 aliphatic carbocycles. The third-order valence-corrected chi connectivity index (χ3v) is 4.12. The summed E-state index contributed by atoms with van der Waals surface area (Å²) >= 11 is 0. The maximum atomic E-state index is 3.60. The Balaban J connectivity index is 2.16. The van der Waals surface area contributed by atoms with E-state index in [-0.39, 0.29) is 0 Å². The Kier molecular flexibility index (Phi) is 4.87. The molecule has 2 heteroatoms. The predicted molar refractivity (Wildman–Crippen MR) is 83.9 cm³/mol. The topological polar surface area (TPSA) is 15.3 Å². The first kappa shape index (κ1) is 14.4. The van der Waals surface area contributed by atoms with Gasteiger partial charge in [0.1, 0.15) is 0 Å². The number of anilines is 1. The molecule has 2 atom stereocenters. The Labute approximate surface area is 118 Å². The summed E-state index contributed by atoms with van der Waals surface area (Å²) in [7, 11) is 0. The maximum absolute atomic E-state index is 3.60. The molecule has 1 saturated heterocycles. The molecule has 2 unspecified atom stereocenters. The van der Waals surface area contributed by atoms with Crippen molar-refractivity contribution in [3.05, 3.63) is 29.8 Å². The van der Waals surface area contributed by atoms with Crippen molar-refractivity contribution in [3.8, 4) is 0 Å². The van der Waals surface area contributed by atoms with Gasteiger partial charge < -0.3 is 10.2 Å². The third kappa shape index (κ3) is 3.50. The van der Waals surface area contributed by atoms with Crippen molar-refractivity contribution in [3.63, 3.8) is 0 Å². The van der Waals surface area contributed by atoms with Gasteiger partial charge in [-0.05, 0) is 37.0 Å². The second-order valence-electron chi connectivity index (χ2n) is 6.19. The van der Waals surface area contributed by atoms with E-state index in [9.17, 15) is 0 Å². The van der Waals surface area contributed by atoms with Crippen LogP contribution in [0, 0.1) is 5.92 Å². The number of benzene rings is 1. The van der Waals surface area contributed by atoms with Gasteiger partial charge in [0.2, 0.25) is 0 Å². The summed E-state index contributed by atoms with van der Waals surface area (Å²) in [6.45, 7) is 11.3. The number of piperazine rings is 1. The number of rotatable bonds is 4. The monoisotopic (exact) mass is 260 g/mol. The van der Waals surface area contributed by atoms with Crippen LogP contribution in [0.3, 0.4) is 0 Å². The average molecular weight is 260 g/mol. The molecule has 19 heavy (non-hydrogen) atoms. The molecule has 0 amide bonds. The molecule has 1 aromatic carbocycles. The molecular formula is C17H28N2. The van der Waals surface area contributed by atoms with Crippen LogP contribution >= 0.6 is 0 Å². The van der Waals surface area contributed by atoms with Crippen molar-refractivity contribution in [1.82, 2.24) is 5.32 Å². The molecule has 0 radical (unpaired) electrons. The van der Waals surface area contributed by atoms with E-state index in [0.717, 1.165) is 13.1 Å². The van der Waals surface area contributed by atoms with Crippen molar-refractivity contribution >= 4 is 5.69 Å². The van der Waals surface area contributed by atoms with Crippen molar-refractivity contribution in [2.24, 2.45) is 5.92 Å². The lowest BCUT2D eigenvalue weighted by atomic mass is 9.97. The highest BCUT2D eigenvalue weighted by atomic mass is 15.2. The van der Waals surface area contributed by atoms with Gasteiger partial charge in [0.25, 0.3) is 0 Å². The van der Waals surface area contributed by atoms with Crippen LogP contribution in [0.25, 0.3) is 0 Å². The van der Waals surface area contributed by atoms with Crippen molar-refractivity contribution < 1.29 is 0 Å². The molecule has 106 valence electrons. The second kappa shape index (κ2) is 6.42. The van der Waals surface area contributed by atoms with Gasteiger partial charge in [0.05, 0.1) is 0 Å². The minimum absolute atomic E-state index is 0.574. The van der Waals surface area contributed by atoms with Crippen LogP contribution in [0.1, 0.15) is 39.7 Å². The highest BCUT2D eigenvalue weighted by Crippen LogP contribution is 2.24. The zero-order valence-electron chi connectivity index (χ0n) is 12.8. The van der Waals surface area contributed by atoms with Crippen LogP contribution in [-0.2, 0) is 6.42 Å². The Bertz CT molecular complexity index is 383. The summed E-state index contributed by atoms with van der Waals surface area (Å²) in [5.74, 6) is 0.676. The summed E-state index contributed by atoms with van der Waals surface area (Å²) < 4.78 is 0. The summed E-state index contributed by atoms with van der Waals surface area (Å²) in [5.41, 5.74) is 2.84. The molecule has 0 bridgehead atoms. The standard InChI is InChI=1S/C17H28N2/c1-5-6-15-7-9-16(10-8-15)19-12-14(4)18-11-17(19)13(2)3/h7-10,13-14,17-18H,5-6,11-12H2,1-4H3. The van der Waals surface area contributed by atoms with Crippen LogP contribution in [0.2, 0.25) is 0 Å². The van der Waals surface area contributed by atoms with E-state index in [1.165, 1.54) is 24.1 Å². The van der Waals surface area contributed by atoms with Crippen molar-refractivity contribution in [2.75, 3.05) is 18.0 Å². The second-order valence-corrected chi connectivity index (χ2v) is 6.19. The van der Waals surface area contributed by atoms with Crippen molar-refractivity contribution in [2.45, 2.75) is 52.6 Å².